The molecule has 0 aliphatic carbocycles. The van der Waals surface area contributed by atoms with Crippen LogP contribution in [0.25, 0.3) is 11.5 Å². The lowest BCUT2D eigenvalue weighted by Crippen LogP contribution is -2.35. The summed E-state index contributed by atoms with van der Waals surface area (Å²) in [6.07, 6.45) is 1.68. The molecule has 0 spiro atoms. The van der Waals surface area contributed by atoms with Gasteiger partial charge >= 0.3 is 0 Å². The van der Waals surface area contributed by atoms with Gasteiger partial charge in [0.2, 0.25) is 5.89 Å². The van der Waals surface area contributed by atoms with Crippen molar-refractivity contribution in [2.24, 2.45) is 0 Å². The predicted molar refractivity (Wildman–Crippen MR) is 133 cm³/mol. The van der Waals surface area contributed by atoms with Gasteiger partial charge in [-0.3, -0.25) is 4.90 Å². The molecule has 7 nitrogen and oxygen atoms in total. The topological polar surface area (TPSA) is 76.8 Å². The van der Waals surface area contributed by atoms with E-state index in [-0.39, 0.29) is 19.0 Å². The summed E-state index contributed by atoms with van der Waals surface area (Å²) in [7, 11) is 1.91. The van der Waals surface area contributed by atoms with E-state index in [0.29, 0.717) is 11.7 Å². The van der Waals surface area contributed by atoms with E-state index < -0.39 is 0 Å². The van der Waals surface area contributed by atoms with E-state index in [1.165, 1.54) is 23.3 Å². The monoisotopic (exact) mass is 483 g/mol. The first kappa shape index (κ1) is 26.7. The molecule has 1 fully saturated rings. The number of aldehydes is 1. The predicted octanol–water partition coefficient (Wildman–Crippen LogP) is 3.79. The molecule has 35 heavy (non-hydrogen) atoms. The standard InChI is InChI=1S/C18H22N2O4.C9H12FN/c1-14-17(13-23-11-8-21)19-18(24-14)16-4-2-15(3-5-16)12-20-6-9-22-10-7-20;1-11-7-6-8-2-4-9(10)5-3-8/h2-5,8H,6-7,9-13H2,1H3;2-5,11H,6-7H2,1H3. The van der Waals surface area contributed by atoms with E-state index in [9.17, 15) is 9.18 Å². The molecule has 1 aliphatic heterocycles. The van der Waals surface area contributed by atoms with Crippen LogP contribution in [0.3, 0.4) is 0 Å². The van der Waals surface area contributed by atoms with Crippen molar-refractivity contribution in [3.8, 4) is 11.5 Å². The Morgan fingerprint density at radius 3 is 2.43 bits per heavy atom. The van der Waals surface area contributed by atoms with Crippen molar-refractivity contribution in [2.75, 3.05) is 46.5 Å². The van der Waals surface area contributed by atoms with Gasteiger partial charge in [-0.2, -0.15) is 0 Å². The van der Waals surface area contributed by atoms with Gasteiger partial charge in [-0.25, -0.2) is 9.37 Å². The first-order valence-corrected chi connectivity index (χ1v) is 11.8. The Balaban J connectivity index is 0.000000261. The normalized spacial score (nSPS) is 13.8. The summed E-state index contributed by atoms with van der Waals surface area (Å²) < 4.78 is 28.7. The third kappa shape index (κ3) is 8.99. The van der Waals surface area contributed by atoms with Gasteiger partial charge in [0.25, 0.3) is 0 Å². The molecular weight excluding hydrogens is 449 g/mol. The average Bonchev–Trinajstić information content (AvgIpc) is 3.26. The van der Waals surface area contributed by atoms with Crippen molar-refractivity contribution in [3.63, 3.8) is 0 Å². The molecule has 0 amide bonds. The quantitative estimate of drug-likeness (QED) is 0.347. The Kier molecular flexibility index (Phi) is 11.0. The molecule has 2 heterocycles. The zero-order chi connectivity index (χ0) is 24.9. The second-order valence-corrected chi connectivity index (χ2v) is 8.27. The fourth-order valence-electron chi connectivity index (χ4n) is 3.58. The number of aromatic nitrogens is 1. The third-order valence-electron chi connectivity index (χ3n) is 5.61. The largest absolute Gasteiger partial charge is 0.441 e. The van der Waals surface area contributed by atoms with Crippen LogP contribution in [0.2, 0.25) is 0 Å². The van der Waals surface area contributed by atoms with Crippen molar-refractivity contribution < 1.29 is 23.1 Å². The summed E-state index contributed by atoms with van der Waals surface area (Å²) in [5.41, 5.74) is 4.09. The zero-order valence-electron chi connectivity index (χ0n) is 20.5. The lowest BCUT2D eigenvalue weighted by molar-refractivity contribution is -0.112. The van der Waals surface area contributed by atoms with E-state index in [0.717, 1.165) is 63.4 Å². The van der Waals surface area contributed by atoms with Gasteiger partial charge in [-0.15, -0.1) is 0 Å². The number of hydrogen-bond donors (Lipinski definition) is 1. The molecule has 1 N–H and O–H groups in total. The van der Waals surface area contributed by atoms with Gasteiger partial charge in [-0.1, -0.05) is 24.3 Å². The lowest BCUT2D eigenvalue weighted by atomic mass is 10.1. The first-order chi connectivity index (χ1) is 17.1. The number of aryl methyl sites for hydroxylation is 1. The molecule has 0 bridgehead atoms. The van der Waals surface area contributed by atoms with Crippen molar-refractivity contribution in [1.82, 2.24) is 15.2 Å². The Labute approximate surface area is 206 Å². The second kappa shape index (κ2) is 14.5. The number of halogens is 1. The van der Waals surface area contributed by atoms with Crippen LogP contribution < -0.4 is 5.32 Å². The van der Waals surface area contributed by atoms with Crippen LogP contribution in [0.4, 0.5) is 4.39 Å². The number of likely N-dealkylation sites (N-methyl/N-ethyl adjacent to an activating group) is 1. The highest BCUT2D eigenvalue weighted by molar-refractivity contribution is 5.54. The molecule has 3 aromatic rings. The Morgan fingerprint density at radius 2 is 1.77 bits per heavy atom. The van der Waals surface area contributed by atoms with Crippen LogP contribution in [0.5, 0.6) is 0 Å². The Bertz CT molecular complexity index is 1020. The minimum atomic E-state index is -0.168. The van der Waals surface area contributed by atoms with Crippen LogP contribution in [0, 0.1) is 12.7 Å². The highest BCUT2D eigenvalue weighted by Gasteiger charge is 2.13. The summed E-state index contributed by atoms with van der Waals surface area (Å²) in [6, 6.07) is 14.9. The molecule has 1 aliphatic rings. The SMILES string of the molecule is CNCCc1ccc(F)cc1.Cc1oc(-c2ccc(CN3CCOCC3)cc2)nc1COCC=O. The number of oxazole rings is 1. The van der Waals surface area contributed by atoms with Gasteiger partial charge in [0.15, 0.2) is 0 Å². The Morgan fingerprint density at radius 1 is 1.09 bits per heavy atom. The van der Waals surface area contributed by atoms with E-state index in [4.69, 9.17) is 13.9 Å². The van der Waals surface area contributed by atoms with Crippen LogP contribution in [0.15, 0.2) is 52.9 Å². The van der Waals surface area contributed by atoms with E-state index in [1.807, 2.05) is 38.2 Å². The number of nitrogens with zero attached hydrogens (tertiary/aromatic N) is 2. The number of carbonyl (C=O) groups excluding carboxylic acids is 1. The van der Waals surface area contributed by atoms with Gasteiger partial charge in [0, 0.05) is 25.2 Å². The van der Waals surface area contributed by atoms with Crippen LogP contribution in [-0.4, -0.2) is 62.7 Å². The maximum absolute atomic E-state index is 12.4. The molecule has 0 atom stereocenters. The Hall–Kier alpha value is -2.91. The smallest absolute Gasteiger partial charge is 0.226 e. The number of hydrogen-bond acceptors (Lipinski definition) is 7. The number of carbonyl (C=O) groups is 1. The average molecular weight is 484 g/mol. The van der Waals surface area contributed by atoms with Gasteiger partial charge in [0.1, 0.15) is 30.2 Å². The van der Waals surface area contributed by atoms with E-state index in [1.54, 1.807) is 0 Å². The summed E-state index contributed by atoms with van der Waals surface area (Å²) in [6.45, 7) is 7.63. The zero-order valence-corrected chi connectivity index (χ0v) is 20.5. The molecule has 8 heteroatoms. The molecule has 0 saturated carbocycles. The van der Waals surface area contributed by atoms with Crippen molar-refractivity contribution in [3.05, 3.63) is 76.9 Å². The molecule has 0 radical (unpaired) electrons. The van der Waals surface area contributed by atoms with E-state index >= 15 is 0 Å². The molecule has 0 unspecified atom stereocenters. The molecular formula is C27H34FN3O4. The molecule has 4 rings (SSSR count). The highest BCUT2D eigenvalue weighted by atomic mass is 19.1. The maximum atomic E-state index is 12.4. The van der Waals surface area contributed by atoms with E-state index in [2.05, 4.69) is 27.3 Å². The van der Waals surface area contributed by atoms with Gasteiger partial charge in [-0.05, 0) is 62.3 Å². The fourth-order valence-corrected chi connectivity index (χ4v) is 3.58. The van der Waals surface area contributed by atoms with Gasteiger partial charge < -0.3 is 24.0 Å². The van der Waals surface area contributed by atoms with Crippen molar-refractivity contribution in [1.29, 1.82) is 0 Å². The molecule has 188 valence electrons. The molecule has 2 aromatic carbocycles. The number of benzene rings is 2. The van der Waals surface area contributed by atoms with Crippen molar-refractivity contribution in [2.45, 2.75) is 26.5 Å². The summed E-state index contributed by atoms with van der Waals surface area (Å²) >= 11 is 0. The highest BCUT2D eigenvalue weighted by Crippen LogP contribution is 2.23. The maximum Gasteiger partial charge on any atom is 0.226 e. The first-order valence-electron chi connectivity index (χ1n) is 11.8. The van der Waals surface area contributed by atoms with Gasteiger partial charge in [0.05, 0.1) is 19.8 Å². The fraction of sp³-hybridized carbons (Fsp3) is 0.407. The summed E-state index contributed by atoms with van der Waals surface area (Å²) in [5, 5.41) is 3.04. The van der Waals surface area contributed by atoms with Crippen molar-refractivity contribution >= 4 is 6.29 Å². The second-order valence-electron chi connectivity index (χ2n) is 8.27. The third-order valence-corrected chi connectivity index (χ3v) is 5.61. The number of morpholine rings is 1. The minimum Gasteiger partial charge on any atom is -0.441 e. The molecule has 1 aromatic heterocycles. The number of nitrogens with one attached hydrogen (secondary N) is 1. The van der Waals surface area contributed by atoms with Crippen LogP contribution >= 0.6 is 0 Å². The molecule has 1 saturated heterocycles. The summed E-state index contributed by atoms with van der Waals surface area (Å²) in [5.74, 6) is 1.13. The lowest BCUT2D eigenvalue weighted by Gasteiger charge is -2.26. The van der Waals surface area contributed by atoms with Crippen LogP contribution in [-0.2, 0) is 33.8 Å². The van der Waals surface area contributed by atoms with Crippen LogP contribution in [0.1, 0.15) is 22.6 Å². The number of rotatable bonds is 10. The summed E-state index contributed by atoms with van der Waals surface area (Å²) in [4.78, 5) is 17.2. The number of ether oxygens (including phenoxy) is 2. The minimum absolute atomic E-state index is 0.0673.